The first kappa shape index (κ1) is 17.4. The summed E-state index contributed by atoms with van der Waals surface area (Å²) in [6, 6.07) is 8.55. The molecule has 0 saturated carbocycles. The van der Waals surface area contributed by atoms with Gasteiger partial charge in [-0.1, -0.05) is 29.3 Å². The van der Waals surface area contributed by atoms with Crippen LogP contribution in [0, 0.1) is 0 Å². The molecule has 0 aliphatic heterocycles. The number of aryl methyl sites for hydroxylation is 1. The molecule has 4 aromatic rings. The van der Waals surface area contributed by atoms with Gasteiger partial charge in [0.05, 0.1) is 20.5 Å². The number of nitrogens with zero attached hydrogens (tertiary/aromatic N) is 2. The van der Waals surface area contributed by atoms with Crippen LogP contribution in [0.2, 0.25) is 10.0 Å². The van der Waals surface area contributed by atoms with E-state index >= 15 is 0 Å². The summed E-state index contributed by atoms with van der Waals surface area (Å²) in [5.74, 6) is 0.387. The second kappa shape index (κ2) is 6.17. The molecule has 1 aromatic carbocycles. The third-order valence-corrected chi connectivity index (χ3v) is 6.25. The van der Waals surface area contributed by atoms with Crippen LogP contribution in [0.1, 0.15) is 26.5 Å². The van der Waals surface area contributed by atoms with Gasteiger partial charge in [0.15, 0.2) is 17.4 Å². The van der Waals surface area contributed by atoms with Gasteiger partial charge in [0.2, 0.25) is 5.71 Å². The largest absolute Gasteiger partial charge is 0.437 e. The van der Waals surface area contributed by atoms with E-state index in [2.05, 4.69) is 4.98 Å². The molecule has 0 atom stereocenters. The molecule has 0 N–H and O–H groups in total. The molecule has 0 radical (unpaired) electrons. The van der Waals surface area contributed by atoms with E-state index in [1.807, 2.05) is 29.1 Å². The average Bonchev–Trinajstić information content (AvgIpc) is 3.41. The molecule has 3 heterocycles. The van der Waals surface area contributed by atoms with Crippen molar-refractivity contribution in [3.05, 3.63) is 68.2 Å². The second-order valence-electron chi connectivity index (χ2n) is 6.34. The average molecular weight is 429 g/mol. The van der Waals surface area contributed by atoms with Gasteiger partial charge in [-0.15, -0.1) is 11.3 Å². The molecular weight excluding hydrogens is 419 g/mol. The van der Waals surface area contributed by atoms with Crippen LogP contribution in [0.5, 0.6) is 0 Å². The molecule has 8 heteroatoms. The normalized spacial score (nSPS) is 13.6. The highest BCUT2D eigenvalue weighted by Crippen LogP contribution is 2.35. The topological polar surface area (TPSA) is 65.1 Å². The van der Waals surface area contributed by atoms with Crippen LogP contribution < -0.4 is 0 Å². The number of aromatic nitrogens is 2. The zero-order valence-corrected chi connectivity index (χ0v) is 16.7. The van der Waals surface area contributed by atoms with Crippen LogP contribution in [-0.2, 0) is 7.05 Å². The van der Waals surface area contributed by atoms with Crippen molar-refractivity contribution in [3.63, 3.8) is 0 Å². The number of fused-ring (bicyclic) bond motifs is 2. The molecule has 1 aliphatic carbocycles. The van der Waals surface area contributed by atoms with Gasteiger partial charge in [0, 0.05) is 24.2 Å². The number of rotatable bonds is 2. The Kier molecular flexibility index (Phi) is 3.84. The third kappa shape index (κ3) is 2.49. The molecule has 0 amide bonds. The maximum atomic E-state index is 12.7. The minimum absolute atomic E-state index is 0.0193. The van der Waals surface area contributed by atoms with Crippen molar-refractivity contribution in [1.29, 1.82) is 0 Å². The van der Waals surface area contributed by atoms with E-state index < -0.39 is 11.6 Å². The quantitative estimate of drug-likeness (QED) is 0.305. The SMILES string of the molecule is Cn1c(-c2cccs2)nc2oc(C=C3C(=O)c4cc(Cl)c(Cl)cc4C3=O)cc21. The number of ketones is 2. The highest BCUT2D eigenvalue weighted by molar-refractivity contribution is 7.13. The molecule has 5 rings (SSSR count). The number of benzene rings is 1. The van der Waals surface area contributed by atoms with E-state index in [0.29, 0.717) is 11.5 Å². The number of carbonyl (C=O) groups excluding carboxylic acids is 2. The van der Waals surface area contributed by atoms with Gasteiger partial charge in [-0.25, -0.2) is 0 Å². The number of allylic oxidation sites excluding steroid dienone is 1. The summed E-state index contributed by atoms with van der Waals surface area (Å²) in [7, 11) is 1.89. The molecular formula is C20H10Cl2N2O3S. The molecule has 5 nitrogen and oxygen atoms in total. The first-order valence-electron chi connectivity index (χ1n) is 8.24. The lowest BCUT2D eigenvalue weighted by molar-refractivity contribution is 0.0990. The summed E-state index contributed by atoms with van der Waals surface area (Å²) in [5, 5.41) is 2.45. The van der Waals surface area contributed by atoms with Crippen molar-refractivity contribution in [2.45, 2.75) is 0 Å². The number of thiophene rings is 1. The number of hydrogen-bond acceptors (Lipinski definition) is 5. The summed E-state index contributed by atoms with van der Waals surface area (Å²) in [5.41, 5.74) is 1.74. The van der Waals surface area contributed by atoms with Gasteiger partial charge < -0.3 is 8.98 Å². The van der Waals surface area contributed by atoms with E-state index in [4.69, 9.17) is 27.6 Å². The van der Waals surface area contributed by atoms with Crippen LogP contribution in [0.25, 0.3) is 28.0 Å². The Bertz CT molecular complexity index is 1290. The van der Waals surface area contributed by atoms with Crippen molar-refractivity contribution in [3.8, 4) is 10.7 Å². The number of imidazole rings is 1. The number of carbonyl (C=O) groups is 2. The fourth-order valence-electron chi connectivity index (χ4n) is 3.28. The predicted molar refractivity (Wildman–Crippen MR) is 109 cm³/mol. The monoisotopic (exact) mass is 428 g/mol. The van der Waals surface area contributed by atoms with Crippen LogP contribution in [0.4, 0.5) is 0 Å². The zero-order chi connectivity index (χ0) is 19.6. The lowest BCUT2D eigenvalue weighted by Crippen LogP contribution is -1.99. The number of hydrogen-bond donors (Lipinski definition) is 0. The van der Waals surface area contributed by atoms with E-state index in [9.17, 15) is 9.59 Å². The summed E-state index contributed by atoms with van der Waals surface area (Å²) >= 11 is 13.6. The van der Waals surface area contributed by atoms with Gasteiger partial charge in [-0.2, -0.15) is 4.98 Å². The molecule has 1 aliphatic rings. The van der Waals surface area contributed by atoms with Crippen molar-refractivity contribution in [1.82, 2.24) is 9.55 Å². The smallest absolute Gasteiger partial charge is 0.245 e. The van der Waals surface area contributed by atoms with Gasteiger partial charge in [-0.05, 0) is 29.7 Å². The van der Waals surface area contributed by atoms with E-state index in [-0.39, 0.29) is 26.7 Å². The van der Waals surface area contributed by atoms with Crippen LogP contribution in [-0.4, -0.2) is 21.1 Å². The Morgan fingerprint density at radius 3 is 2.36 bits per heavy atom. The van der Waals surface area contributed by atoms with Gasteiger partial charge >= 0.3 is 0 Å². The van der Waals surface area contributed by atoms with E-state index in [1.165, 1.54) is 18.2 Å². The molecule has 3 aromatic heterocycles. The van der Waals surface area contributed by atoms with Crippen LogP contribution in [0.3, 0.4) is 0 Å². The number of Topliss-reactive ketones (excluding diaryl/α,β-unsaturated/α-hetero) is 2. The van der Waals surface area contributed by atoms with E-state index in [0.717, 1.165) is 16.2 Å². The molecule has 0 saturated heterocycles. The highest BCUT2D eigenvalue weighted by Gasteiger charge is 2.34. The van der Waals surface area contributed by atoms with Crippen LogP contribution >= 0.6 is 34.5 Å². The Balaban J connectivity index is 1.57. The Morgan fingerprint density at radius 2 is 1.79 bits per heavy atom. The molecule has 138 valence electrons. The standard InChI is InChI=1S/C20H10Cl2N2O3S/c1-24-15-6-9(27-20(15)23-19(24)16-3-2-4-28-16)5-12-17(25)10-7-13(21)14(22)8-11(10)18(12)26/h2-8H,1H3. The zero-order valence-electron chi connectivity index (χ0n) is 14.3. The maximum Gasteiger partial charge on any atom is 0.245 e. The van der Waals surface area contributed by atoms with Gasteiger partial charge in [0.25, 0.3) is 0 Å². The molecule has 0 spiro atoms. The van der Waals surface area contributed by atoms with E-state index in [1.54, 1.807) is 17.4 Å². The van der Waals surface area contributed by atoms with Crippen molar-refractivity contribution < 1.29 is 14.0 Å². The fourth-order valence-corrected chi connectivity index (χ4v) is 4.36. The Morgan fingerprint density at radius 1 is 1.11 bits per heavy atom. The first-order valence-corrected chi connectivity index (χ1v) is 9.88. The molecule has 28 heavy (non-hydrogen) atoms. The third-order valence-electron chi connectivity index (χ3n) is 4.67. The van der Waals surface area contributed by atoms with Crippen LogP contribution in [0.15, 0.2) is 45.7 Å². The fraction of sp³-hybridized carbons (Fsp3) is 0.0500. The van der Waals surface area contributed by atoms with Gasteiger partial charge in [0.1, 0.15) is 11.3 Å². The lowest BCUT2D eigenvalue weighted by atomic mass is 10.1. The second-order valence-corrected chi connectivity index (χ2v) is 8.10. The summed E-state index contributed by atoms with van der Waals surface area (Å²) in [6.45, 7) is 0. The maximum absolute atomic E-state index is 12.7. The highest BCUT2D eigenvalue weighted by atomic mass is 35.5. The van der Waals surface area contributed by atoms with Crippen molar-refractivity contribution in [2.75, 3.05) is 0 Å². The van der Waals surface area contributed by atoms with Crippen molar-refractivity contribution in [2.24, 2.45) is 7.05 Å². The lowest BCUT2D eigenvalue weighted by Gasteiger charge is -1.98. The Hall–Kier alpha value is -2.67. The minimum Gasteiger partial charge on any atom is -0.437 e. The van der Waals surface area contributed by atoms with Crippen molar-refractivity contribution >= 4 is 63.4 Å². The molecule has 0 unspecified atom stereocenters. The summed E-state index contributed by atoms with van der Waals surface area (Å²) in [4.78, 5) is 30.9. The molecule has 0 fully saturated rings. The predicted octanol–water partition coefficient (Wildman–Crippen LogP) is 5.66. The first-order chi connectivity index (χ1) is 13.4. The summed E-state index contributed by atoms with van der Waals surface area (Å²) < 4.78 is 7.69. The summed E-state index contributed by atoms with van der Waals surface area (Å²) in [6.07, 6.45) is 1.44. The minimum atomic E-state index is -0.397. The number of halogens is 2. The number of furan rings is 1. The van der Waals surface area contributed by atoms with Gasteiger partial charge in [-0.3, -0.25) is 9.59 Å². The molecule has 0 bridgehead atoms. The Labute approximate surface area is 172 Å².